The van der Waals surface area contributed by atoms with Crippen molar-refractivity contribution < 1.29 is 66.7 Å². The summed E-state index contributed by atoms with van der Waals surface area (Å²) in [4.78, 5) is 73.9. The van der Waals surface area contributed by atoms with Crippen LogP contribution in [0.3, 0.4) is 0 Å². The van der Waals surface area contributed by atoms with E-state index in [0.29, 0.717) is 89.5 Å². The predicted octanol–water partition coefficient (Wildman–Crippen LogP) is 13.2. The van der Waals surface area contributed by atoms with Crippen LogP contribution in [0.25, 0.3) is 0 Å². The molecule has 0 bridgehead atoms. The zero-order valence-corrected chi connectivity index (χ0v) is 43.1. The second kappa shape index (κ2) is 28.4. The van der Waals surface area contributed by atoms with E-state index in [0.717, 1.165) is 31.4 Å². The molecule has 396 valence electrons. The SMILES string of the molecule is COc1ccc(C2(c3ccc(OC(=O)c4ccc(Oc5ccc(C(=O)OCCCCOC(=O)CCCCC(=O)OCCCCOC(=O)c6ccc(Oc7ccc(C(C)=O)cc7)cc6)cc5)cc4)cc3)CCCCC2)cc1. The first-order chi connectivity index (χ1) is 37.0. The van der Waals surface area contributed by atoms with Gasteiger partial charge >= 0.3 is 29.8 Å². The molecule has 0 aromatic heterocycles. The summed E-state index contributed by atoms with van der Waals surface area (Å²) in [6.45, 7) is 2.20. The highest BCUT2D eigenvalue weighted by molar-refractivity contribution is 5.94. The van der Waals surface area contributed by atoms with Gasteiger partial charge in [0, 0.05) is 23.8 Å². The number of hydrogen-bond acceptors (Lipinski definition) is 14. The lowest BCUT2D eigenvalue weighted by Crippen LogP contribution is -2.30. The number of carbonyl (C=O) groups is 6. The number of rotatable bonds is 27. The zero-order chi connectivity index (χ0) is 53.5. The Morgan fingerprint density at radius 1 is 0.382 bits per heavy atom. The summed E-state index contributed by atoms with van der Waals surface area (Å²) >= 11 is 0. The lowest BCUT2D eigenvalue weighted by atomic mass is 9.65. The summed E-state index contributed by atoms with van der Waals surface area (Å²) < 4.78 is 44.1. The predicted molar refractivity (Wildman–Crippen MR) is 284 cm³/mol. The zero-order valence-electron chi connectivity index (χ0n) is 43.1. The van der Waals surface area contributed by atoms with Gasteiger partial charge in [-0.1, -0.05) is 43.5 Å². The number of hydrogen-bond donors (Lipinski definition) is 0. The molecule has 1 aliphatic rings. The molecule has 0 unspecified atom stereocenters. The minimum Gasteiger partial charge on any atom is -0.497 e. The average molecular weight is 1030 g/mol. The molecule has 76 heavy (non-hydrogen) atoms. The van der Waals surface area contributed by atoms with Crippen molar-refractivity contribution in [3.8, 4) is 34.5 Å². The molecule has 0 radical (unpaired) electrons. The molecule has 1 saturated carbocycles. The summed E-state index contributed by atoms with van der Waals surface area (Å²) in [6.07, 6.45) is 8.98. The molecule has 0 N–H and O–H groups in total. The largest absolute Gasteiger partial charge is 0.497 e. The first kappa shape index (κ1) is 55.5. The Labute approximate surface area is 443 Å². The van der Waals surface area contributed by atoms with Crippen LogP contribution in [-0.2, 0) is 34.0 Å². The maximum Gasteiger partial charge on any atom is 0.343 e. The van der Waals surface area contributed by atoms with Crippen molar-refractivity contribution in [1.29, 1.82) is 0 Å². The molecule has 6 aromatic carbocycles. The number of Topliss-reactive ketones (excluding diaryl/α,β-unsaturated/α-hetero) is 1. The van der Waals surface area contributed by atoms with E-state index in [2.05, 4.69) is 24.3 Å². The monoisotopic (exact) mass is 1030 g/mol. The average Bonchev–Trinajstić information content (AvgIpc) is 3.46. The third-order valence-corrected chi connectivity index (χ3v) is 13.1. The number of benzene rings is 6. The quantitative estimate of drug-likeness (QED) is 0.0156. The fourth-order valence-corrected chi connectivity index (χ4v) is 8.78. The lowest BCUT2D eigenvalue weighted by molar-refractivity contribution is -0.146. The van der Waals surface area contributed by atoms with Crippen molar-refractivity contribution in [3.63, 3.8) is 0 Å². The van der Waals surface area contributed by atoms with Crippen LogP contribution in [-0.4, -0.2) is 69.2 Å². The van der Waals surface area contributed by atoms with E-state index in [1.165, 1.54) is 24.5 Å². The molecule has 0 saturated heterocycles. The normalized spacial score (nSPS) is 12.6. The second-order valence-corrected chi connectivity index (χ2v) is 18.5. The highest BCUT2D eigenvalue weighted by Crippen LogP contribution is 2.45. The van der Waals surface area contributed by atoms with Crippen molar-refractivity contribution >= 4 is 35.6 Å². The van der Waals surface area contributed by atoms with E-state index in [1.54, 1.807) is 104 Å². The maximum absolute atomic E-state index is 13.1. The minimum absolute atomic E-state index is 0.0301. The fraction of sp³-hybridized carbons (Fsp3) is 0.323. The maximum atomic E-state index is 13.1. The van der Waals surface area contributed by atoms with Crippen molar-refractivity contribution in [2.45, 2.75) is 95.8 Å². The van der Waals surface area contributed by atoms with Crippen LogP contribution < -0.4 is 18.9 Å². The second-order valence-electron chi connectivity index (χ2n) is 18.5. The molecule has 0 amide bonds. The summed E-state index contributed by atoms with van der Waals surface area (Å²) in [6, 6.07) is 42.7. The molecule has 7 rings (SSSR count). The standard InChI is InChI=1S/C62H64O14/c1-44(63)45-14-26-52(27-15-45)74-53-28-16-46(17-29-53)59(66)72-42-10-8-40-70-57(64)12-4-5-13-58(65)71-41-9-11-43-73-60(67)47-18-30-54(31-19-47)75-55-32-20-48(21-33-55)61(68)76-56-36-24-50(25-37-56)62(38-6-3-7-39-62)49-22-34-51(69-2)35-23-49/h14-37H,3-13,38-43H2,1-2H3. The molecule has 0 spiro atoms. The van der Waals surface area contributed by atoms with Crippen molar-refractivity contribution in [3.05, 3.63) is 179 Å². The number of carbonyl (C=O) groups excluding carboxylic acids is 6. The number of esters is 5. The molecule has 0 heterocycles. The highest BCUT2D eigenvalue weighted by atomic mass is 16.6. The van der Waals surface area contributed by atoms with Crippen LogP contribution in [0.4, 0.5) is 0 Å². The third kappa shape index (κ3) is 16.6. The van der Waals surface area contributed by atoms with E-state index in [4.69, 9.17) is 37.9 Å². The molecule has 14 heteroatoms. The number of ketones is 1. The van der Waals surface area contributed by atoms with Crippen LogP contribution in [0.1, 0.15) is 143 Å². The van der Waals surface area contributed by atoms with Crippen LogP contribution in [0.2, 0.25) is 0 Å². The Kier molecular flexibility index (Phi) is 20.8. The molecular weight excluding hydrogens is 969 g/mol. The summed E-state index contributed by atoms with van der Waals surface area (Å²) in [5, 5.41) is 0. The van der Waals surface area contributed by atoms with Crippen molar-refractivity contribution in [2.75, 3.05) is 33.5 Å². The summed E-state index contributed by atoms with van der Waals surface area (Å²) in [5.41, 5.74) is 4.07. The third-order valence-electron chi connectivity index (χ3n) is 13.1. The van der Waals surface area contributed by atoms with Gasteiger partial charge in [0.25, 0.3) is 0 Å². The molecule has 1 aliphatic carbocycles. The van der Waals surface area contributed by atoms with Gasteiger partial charge in [0.1, 0.15) is 34.5 Å². The molecule has 6 aromatic rings. The number of methoxy groups -OCH3 is 1. The van der Waals surface area contributed by atoms with Crippen LogP contribution in [0, 0.1) is 0 Å². The molecule has 14 nitrogen and oxygen atoms in total. The smallest absolute Gasteiger partial charge is 0.343 e. The van der Waals surface area contributed by atoms with E-state index >= 15 is 0 Å². The minimum atomic E-state index is -0.492. The van der Waals surface area contributed by atoms with Gasteiger partial charge in [-0.2, -0.15) is 0 Å². The number of unbranched alkanes of at least 4 members (excludes halogenated alkanes) is 3. The van der Waals surface area contributed by atoms with Gasteiger partial charge in [-0.25, -0.2) is 14.4 Å². The Balaban J connectivity index is 0.690. The molecule has 0 atom stereocenters. The van der Waals surface area contributed by atoms with Gasteiger partial charge in [0.15, 0.2) is 5.78 Å². The van der Waals surface area contributed by atoms with Crippen molar-refractivity contribution in [2.24, 2.45) is 0 Å². The van der Waals surface area contributed by atoms with E-state index in [1.807, 2.05) is 24.3 Å². The number of ether oxygens (including phenoxy) is 8. The van der Waals surface area contributed by atoms with Crippen LogP contribution in [0.15, 0.2) is 146 Å². The Bertz CT molecular complexity index is 2830. The molecular formula is C62H64O14. The van der Waals surface area contributed by atoms with Crippen LogP contribution >= 0.6 is 0 Å². The first-order valence-electron chi connectivity index (χ1n) is 25.9. The van der Waals surface area contributed by atoms with Gasteiger partial charge in [-0.05, 0) is 191 Å². The van der Waals surface area contributed by atoms with Crippen LogP contribution in [0.5, 0.6) is 34.5 Å². The van der Waals surface area contributed by atoms with Gasteiger partial charge in [-0.3, -0.25) is 14.4 Å². The van der Waals surface area contributed by atoms with Gasteiger partial charge in [0.2, 0.25) is 0 Å². The summed E-state index contributed by atoms with van der Waals surface area (Å²) in [7, 11) is 1.67. The van der Waals surface area contributed by atoms with E-state index in [9.17, 15) is 28.8 Å². The van der Waals surface area contributed by atoms with Gasteiger partial charge in [-0.15, -0.1) is 0 Å². The van der Waals surface area contributed by atoms with E-state index in [-0.39, 0.29) is 62.4 Å². The Morgan fingerprint density at radius 2 is 0.724 bits per heavy atom. The molecule has 1 fully saturated rings. The lowest BCUT2D eigenvalue weighted by Gasteiger charge is -2.38. The first-order valence-corrected chi connectivity index (χ1v) is 25.9. The van der Waals surface area contributed by atoms with Gasteiger partial charge in [0.05, 0.1) is 50.2 Å². The fourth-order valence-electron chi connectivity index (χ4n) is 8.78. The summed E-state index contributed by atoms with van der Waals surface area (Å²) in [5.74, 6) is 1.18. The topological polar surface area (TPSA) is 176 Å². The van der Waals surface area contributed by atoms with Crippen molar-refractivity contribution in [1.82, 2.24) is 0 Å². The highest BCUT2D eigenvalue weighted by Gasteiger charge is 2.35. The molecule has 0 aliphatic heterocycles. The van der Waals surface area contributed by atoms with E-state index < -0.39 is 17.9 Å². The Hall–Kier alpha value is -8.26. The Morgan fingerprint density at radius 3 is 1.11 bits per heavy atom. The van der Waals surface area contributed by atoms with Gasteiger partial charge < -0.3 is 37.9 Å².